The molecule has 1 N–H and O–H groups in total. The number of carbonyl (C=O) groups is 2. The molecule has 2 amide bonds. The van der Waals surface area contributed by atoms with E-state index < -0.39 is 11.8 Å². The average Bonchev–Trinajstić information content (AvgIpc) is 2.96. The van der Waals surface area contributed by atoms with Crippen LogP contribution in [-0.4, -0.2) is 16.9 Å². The zero-order valence-corrected chi connectivity index (χ0v) is 16.4. The number of hydrogen-bond donors (Lipinski definition) is 1. The van der Waals surface area contributed by atoms with Gasteiger partial charge in [0.1, 0.15) is 11.3 Å². The van der Waals surface area contributed by atoms with Crippen LogP contribution in [-0.2, 0) is 9.59 Å². The number of benzene rings is 3. The molecule has 0 saturated carbocycles. The van der Waals surface area contributed by atoms with Crippen LogP contribution in [0.1, 0.15) is 5.56 Å². The van der Waals surface area contributed by atoms with Gasteiger partial charge in [0.15, 0.2) is 0 Å². The molecule has 0 aliphatic carbocycles. The van der Waals surface area contributed by atoms with E-state index in [2.05, 4.69) is 0 Å². The van der Waals surface area contributed by atoms with Gasteiger partial charge in [0.25, 0.3) is 11.8 Å². The van der Waals surface area contributed by atoms with E-state index in [-0.39, 0.29) is 11.3 Å². The summed E-state index contributed by atoms with van der Waals surface area (Å²) in [6.45, 7) is 0. The molecule has 3 aromatic carbocycles. The Morgan fingerprint density at radius 2 is 1.07 bits per heavy atom. The number of phenolic OH excluding ortho intramolecular Hbond substituents is 1. The number of nitrogens with zero attached hydrogens (tertiary/aromatic N) is 2. The van der Waals surface area contributed by atoms with Crippen LogP contribution in [0.3, 0.4) is 0 Å². The molecule has 0 unspecified atom stereocenters. The second kappa shape index (κ2) is 7.62. The lowest BCUT2D eigenvalue weighted by atomic mass is 10.1. The van der Waals surface area contributed by atoms with Crippen molar-refractivity contribution in [1.29, 1.82) is 0 Å². The topological polar surface area (TPSA) is 60.9 Å². The van der Waals surface area contributed by atoms with E-state index in [0.717, 1.165) is 0 Å². The third-order valence-corrected chi connectivity index (χ3v) is 4.90. The van der Waals surface area contributed by atoms with Crippen molar-refractivity contribution in [3.63, 3.8) is 0 Å². The predicted molar refractivity (Wildman–Crippen MR) is 114 cm³/mol. The molecule has 0 aromatic heterocycles. The van der Waals surface area contributed by atoms with E-state index in [9.17, 15) is 14.7 Å². The van der Waals surface area contributed by atoms with E-state index in [1.807, 2.05) is 0 Å². The molecule has 1 heterocycles. The Morgan fingerprint density at radius 1 is 0.655 bits per heavy atom. The van der Waals surface area contributed by atoms with E-state index in [0.29, 0.717) is 27.0 Å². The van der Waals surface area contributed by atoms with Gasteiger partial charge in [-0.25, -0.2) is 10.0 Å². The molecule has 0 atom stereocenters. The monoisotopic (exact) mass is 424 g/mol. The van der Waals surface area contributed by atoms with E-state index in [1.54, 1.807) is 60.7 Å². The minimum Gasteiger partial charge on any atom is -0.508 e. The number of rotatable bonds is 3. The Balaban J connectivity index is 1.83. The minimum absolute atomic E-state index is 0.000546. The van der Waals surface area contributed by atoms with Crippen molar-refractivity contribution in [2.75, 3.05) is 10.0 Å². The van der Waals surface area contributed by atoms with E-state index in [1.165, 1.54) is 28.2 Å². The minimum atomic E-state index is -0.472. The van der Waals surface area contributed by atoms with Gasteiger partial charge in [-0.15, -0.1) is 0 Å². The first-order valence-corrected chi connectivity index (χ1v) is 9.40. The van der Waals surface area contributed by atoms with Gasteiger partial charge >= 0.3 is 0 Å². The van der Waals surface area contributed by atoms with Gasteiger partial charge < -0.3 is 5.11 Å². The third kappa shape index (κ3) is 3.70. The van der Waals surface area contributed by atoms with Gasteiger partial charge in [-0.2, -0.15) is 0 Å². The van der Waals surface area contributed by atoms with Crippen molar-refractivity contribution >= 4 is 52.5 Å². The summed E-state index contributed by atoms with van der Waals surface area (Å²) in [6.07, 6.45) is 1.50. The number of aromatic hydroxyl groups is 1. The Morgan fingerprint density at radius 3 is 1.48 bits per heavy atom. The maximum absolute atomic E-state index is 13.2. The summed E-state index contributed by atoms with van der Waals surface area (Å²) < 4.78 is 0. The van der Waals surface area contributed by atoms with Gasteiger partial charge in [-0.3, -0.25) is 9.59 Å². The standard InChI is InChI=1S/C22H14Cl2N2O3/c23-15-3-7-17(8-4-15)25-21(28)20(13-14-1-11-19(27)12-2-14)22(29)26(25)18-9-5-16(24)6-10-18/h1-13,27H. The molecule has 7 heteroatoms. The van der Waals surface area contributed by atoms with Crippen LogP contribution in [0.25, 0.3) is 6.08 Å². The van der Waals surface area contributed by atoms with Crippen LogP contribution in [0.2, 0.25) is 10.0 Å². The highest BCUT2D eigenvalue weighted by atomic mass is 35.5. The lowest BCUT2D eigenvalue weighted by Gasteiger charge is -2.27. The Kier molecular flexibility index (Phi) is 5.01. The van der Waals surface area contributed by atoms with Gasteiger partial charge in [0, 0.05) is 10.0 Å². The molecule has 29 heavy (non-hydrogen) atoms. The molecule has 5 nitrogen and oxygen atoms in total. The highest BCUT2D eigenvalue weighted by Gasteiger charge is 2.42. The van der Waals surface area contributed by atoms with Crippen molar-refractivity contribution < 1.29 is 14.7 Å². The fourth-order valence-electron chi connectivity index (χ4n) is 2.99. The molecular weight excluding hydrogens is 411 g/mol. The fourth-order valence-corrected chi connectivity index (χ4v) is 3.24. The number of amides is 2. The fraction of sp³-hybridized carbons (Fsp3) is 0. The summed E-state index contributed by atoms with van der Waals surface area (Å²) >= 11 is 11.9. The molecule has 144 valence electrons. The summed E-state index contributed by atoms with van der Waals surface area (Å²) in [5.41, 5.74) is 1.61. The molecule has 0 bridgehead atoms. The quantitative estimate of drug-likeness (QED) is 0.471. The highest BCUT2D eigenvalue weighted by molar-refractivity contribution is 6.38. The molecule has 1 aliphatic heterocycles. The lowest BCUT2D eigenvalue weighted by Crippen LogP contribution is -2.41. The number of carbonyl (C=O) groups excluding carboxylic acids is 2. The Bertz CT molecular complexity index is 1040. The van der Waals surface area contributed by atoms with Crippen molar-refractivity contribution in [2.45, 2.75) is 0 Å². The van der Waals surface area contributed by atoms with Crippen LogP contribution < -0.4 is 10.0 Å². The Labute approximate surface area is 177 Å². The number of halogens is 2. The first-order valence-electron chi connectivity index (χ1n) is 8.65. The van der Waals surface area contributed by atoms with Gasteiger partial charge in [0.05, 0.1) is 11.4 Å². The second-order valence-corrected chi connectivity index (χ2v) is 7.21. The van der Waals surface area contributed by atoms with Crippen LogP contribution in [0.15, 0.2) is 78.4 Å². The molecule has 1 fully saturated rings. The van der Waals surface area contributed by atoms with Crippen molar-refractivity contribution in [1.82, 2.24) is 0 Å². The highest BCUT2D eigenvalue weighted by Crippen LogP contribution is 2.33. The smallest absolute Gasteiger partial charge is 0.283 e. The SMILES string of the molecule is O=C1C(=Cc2ccc(O)cc2)C(=O)N(c2ccc(Cl)cc2)N1c1ccc(Cl)cc1. The number of anilines is 2. The van der Waals surface area contributed by atoms with Crippen LogP contribution >= 0.6 is 23.2 Å². The number of hydrogen-bond acceptors (Lipinski definition) is 3. The first-order chi connectivity index (χ1) is 13.9. The third-order valence-electron chi connectivity index (χ3n) is 4.39. The maximum Gasteiger partial charge on any atom is 0.283 e. The zero-order chi connectivity index (χ0) is 20.5. The lowest BCUT2D eigenvalue weighted by molar-refractivity contribution is -0.116. The van der Waals surface area contributed by atoms with Gasteiger partial charge in [0.2, 0.25) is 0 Å². The molecule has 0 spiro atoms. The normalized spacial score (nSPS) is 13.9. The number of hydrazine groups is 1. The molecule has 3 aromatic rings. The van der Waals surface area contributed by atoms with E-state index >= 15 is 0 Å². The summed E-state index contributed by atoms with van der Waals surface area (Å²) in [5, 5.41) is 13.1. The van der Waals surface area contributed by atoms with Crippen LogP contribution in [0.4, 0.5) is 11.4 Å². The second-order valence-electron chi connectivity index (χ2n) is 6.34. The summed E-state index contributed by atoms with van der Waals surface area (Å²) in [6, 6.07) is 19.5. The first kappa shape index (κ1) is 19.1. The predicted octanol–water partition coefficient (Wildman–Crippen LogP) is 5.08. The molecular formula is C22H14Cl2N2O3. The summed E-state index contributed by atoms with van der Waals surface area (Å²) in [4.78, 5) is 26.4. The van der Waals surface area contributed by atoms with Crippen LogP contribution in [0.5, 0.6) is 5.75 Å². The summed E-state index contributed by atoms with van der Waals surface area (Å²) in [7, 11) is 0. The molecule has 4 rings (SSSR count). The number of phenols is 1. The van der Waals surface area contributed by atoms with Gasteiger partial charge in [-0.1, -0.05) is 35.3 Å². The summed E-state index contributed by atoms with van der Waals surface area (Å²) in [5.74, 6) is -0.845. The zero-order valence-electron chi connectivity index (χ0n) is 14.9. The average molecular weight is 425 g/mol. The van der Waals surface area contributed by atoms with Crippen molar-refractivity contribution in [2.24, 2.45) is 0 Å². The Hall–Kier alpha value is -3.28. The van der Waals surface area contributed by atoms with Crippen LogP contribution in [0, 0.1) is 0 Å². The maximum atomic E-state index is 13.2. The largest absolute Gasteiger partial charge is 0.508 e. The van der Waals surface area contributed by atoms with Crippen molar-refractivity contribution in [3.8, 4) is 5.75 Å². The molecule has 1 aliphatic rings. The molecule has 0 radical (unpaired) electrons. The van der Waals surface area contributed by atoms with Crippen molar-refractivity contribution in [3.05, 3.63) is 94.0 Å². The molecule has 1 saturated heterocycles. The van der Waals surface area contributed by atoms with Gasteiger partial charge in [-0.05, 0) is 72.3 Å². The van der Waals surface area contributed by atoms with E-state index in [4.69, 9.17) is 23.2 Å².